The van der Waals surface area contributed by atoms with E-state index in [2.05, 4.69) is 0 Å². The maximum absolute atomic E-state index is 11.6. The molecule has 0 unspecified atom stereocenters. The number of fused-ring (bicyclic) bond motifs is 2. The molecule has 0 fully saturated rings. The largest absolute Gasteiger partial charge is 0.327 e. The van der Waals surface area contributed by atoms with E-state index in [1.807, 2.05) is 70.2 Å². The Balaban J connectivity index is 1.46. The molecule has 0 saturated heterocycles. The normalized spacial score (nSPS) is 19.8. The summed E-state index contributed by atoms with van der Waals surface area (Å²) in [5.74, 6) is 0.879. The summed E-state index contributed by atoms with van der Waals surface area (Å²) in [5.41, 5.74) is 1.79. The average Bonchev–Trinajstić information content (AvgIpc) is 3.34. The lowest BCUT2D eigenvalue weighted by atomic mass is 9.81. The molecule has 1 aromatic heterocycles. The first kappa shape index (κ1) is 32.4. The van der Waals surface area contributed by atoms with Crippen LogP contribution in [0.3, 0.4) is 0 Å². The van der Waals surface area contributed by atoms with Crippen molar-refractivity contribution in [3.05, 3.63) is 110 Å². The summed E-state index contributed by atoms with van der Waals surface area (Å²) in [6.07, 6.45) is 17.9. The lowest BCUT2D eigenvalue weighted by Gasteiger charge is -2.28. The van der Waals surface area contributed by atoms with Crippen molar-refractivity contribution < 1.29 is 27.4 Å². The van der Waals surface area contributed by atoms with Crippen molar-refractivity contribution in [3.8, 4) is 0 Å². The number of nitro groups is 2. The van der Waals surface area contributed by atoms with Gasteiger partial charge in [-0.25, -0.2) is 9.56 Å². The highest BCUT2D eigenvalue weighted by atomic mass is 32.2. The van der Waals surface area contributed by atoms with E-state index >= 15 is 0 Å². The van der Waals surface area contributed by atoms with E-state index in [1.165, 1.54) is 18.5 Å². The number of unbranched alkanes of at least 4 members (excludes halogenated alkanes) is 1. The minimum absolute atomic E-state index is 0.0166. The fourth-order valence-corrected chi connectivity index (χ4v) is 5.77. The Kier molecular flexibility index (Phi) is 8.98. The van der Waals surface area contributed by atoms with E-state index in [0.29, 0.717) is 35.9 Å². The van der Waals surface area contributed by atoms with E-state index in [4.69, 9.17) is 14.5 Å². The van der Waals surface area contributed by atoms with E-state index < -0.39 is 30.8 Å². The standard InChI is InChI=1S/C30H34N6O7S/c1-29(2)23-17-21(35(37)38)19-33(5)27(23)31-25(29)13-9-7-6-8-10-14-26-30(3,4)24-18-22(36(39)40)20-34(28(24)32-26)15-11-12-16-44(41,42)43/h6-10,13-14,17-20H,11-12,15-16H2,1-5H3/p+1. The quantitative estimate of drug-likeness (QED) is 0.0914. The summed E-state index contributed by atoms with van der Waals surface area (Å²) < 4.78 is 32.7. The molecule has 14 heteroatoms. The summed E-state index contributed by atoms with van der Waals surface area (Å²) in [5, 5.41) is 22.9. The highest BCUT2D eigenvalue weighted by Crippen LogP contribution is 2.45. The van der Waals surface area contributed by atoms with Crippen LogP contribution in [0.2, 0.25) is 0 Å². The van der Waals surface area contributed by atoms with Crippen molar-refractivity contribution in [1.82, 2.24) is 4.90 Å². The van der Waals surface area contributed by atoms with E-state index in [-0.39, 0.29) is 23.6 Å². The highest BCUT2D eigenvalue weighted by molar-refractivity contribution is 7.85. The first-order valence-electron chi connectivity index (χ1n) is 13.9. The molecule has 4 rings (SSSR count). The van der Waals surface area contributed by atoms with E-state index in [1.54, 1.807) is 22.6 Å². The molecule has 1 aromatic rings. The van der Waals surface area contributed by atoms with E-state index in [9.17, 15) is 28.6 Å². The first-order valence-corrected chi connectivity index (χ1v) is 15.5. The van der Waals surface area contributed by atoms with Crippen LogP contribution in [0.15, 0.2) is 94.0 Å². The average molecular weight is 624 g/mol. The number of aryl methyl sites for hydroxylation is 1. The van der Waals surface area contributed by atoms with Crippen molar-refractivity contribution in [2.24, 2.45) is 22.4 Å². The van der Waals surface area contributed by atoms with Crippen LogP contribution in [0, 0.1) is 25.6 Å². The van der Waals surface area contributed by atoms with E-state index in [0.717, 1.165) is 11.3 Å². The number of nitrogens with zero attached hydrogens (tertiary/aromatic N) is 6. The second-order valence-corrected chi connectivity index (χ2v) is 13.3. The van der Waals surface area contributed by atoms with Crippen LogP contribution in [-0.4, -0.2) is 51.6 Å². The lowest BCUT2D eigenvalue weighted by Crippen LogP contribution is -2.33. The van der Waals surface area contributed by atoms with Crippen LogP contribution in [0.5, 0.6) is 0 Å². The Morgan fingerprint density at radius 2 is 1.68 bits per heavy atom. The highest BCUT2D eigenvalue weighted by Gasteiger charge is 2.44. The number of hydrogen-bond donors (Lipinski definition) is 1. The van der Waals surface area contributed by atoms with Gasteiger partial charge in [-0.2, -0.15) is 8.42 Å². The zero-order valence-electron chi connectivity index (χ0n) is 25.2. The van der Waals surface area contributed by atoms with Gasteiger partial charge in [0.2, 0.25) is 0 Å². The molecule has 0 spiro atoms. The van der Waals surface area contributed by atoms with Crippen LogP contribution >= 0.6 is 0 Å². The molecule has 0 amide bonds. The van der Waals surface area contributed by atoms with Gasteiger partial charge in [-0.05, 0) is 43.8 Å². The Hall–Kier alpha value is -4.56. The van der Waals surface area contributed by atoms with Crippen LogP contribution in [-0.2, 0) is 22.6 Å². The third-order valence-electron chi connectivity index (χ3n) is 7.79. The zero-order chi connectivity index (χ0) is 32.4. The topological polar surface area (TPSA) is 172 Å². The van der Waals surface area contributed by atoms with Crippen molar-refractivity contribution in [1.29, 1.82) is 0 Å². The Morgan fingerprint density at radius 3 is 2.34 bits per heavy atom. The van der Waals surface area contributed by atoms with Gasteiger partial charge in [-0.1, -0.05) is 44.2 Å². The Morgan fingerprint density at radius 1 is 1.00 bits per heavy atom. The van der Waals surface area contributed by atoms with Crippen LogP contribution < -0.4 is 4.57 Å². The molecule has 0 saturated carbocycles. The maximum atomic E-state index is 11.6. The molecule has 3 aliphatic heterocycles. The van der Waals surface area contributed by atoms with Gasteiger partial charge in [0.15, 0.2) is 11.9 Å². The second kappa shape index (κ2) is 12.2. The van der Waals surface area contributed by atoms with Gasteiger partial charge in [-0.3, -0.25) is 24.8 Å². The monoisotopic (exact) mass is 623 g/mol. The van der Waals surface area contributed by atoms with Gasteiger partial charge < -0.3 is 4.90 Å². The van der Waals surface area contributed by atoms with Crippen molar-refractivity contribution in [2.75, 3.05) is 12.3 Å². The molecule has 232 valence electrons. The fourth-order valence-electron chi connectivity index (χ4n) is 5.21. The molecule has 3 aliphatic rings. The number of aliphatic imine (C=N–C) groups is 2. The molecule has 44 heavy (non-hydrogen) atoms. The molecule has 0 radical (unpaired) electrons. The SMILES string of the molecule is C[n+]1cc([N+](=O)[O-])cc2c1N=C(/C=C/C=C/C=C/C=C1\N=C3C(=CC([N+](=O)[O-])=CN3CCCCS(=O)(=O)O)C1(C)C)C2(C)C. The van der Waals surface area contributed by atoms with Crippen molar-refractivity contribution in [2.45, 2.75) is 46.0 Å². The molecule has 0 atom stereocenters. The number of pyridine rings is 1. The minimum Gasteiger partial charge on any atom is -0.326 e. The van der Waals surface area contributed by atoms with Gasteiger partial charge in [0.1, 0.15) is 5.84 Å². The third-order valence-corrected chi connectivity index (χ3v) is 8.60. The zero-order valence-corrected chi connectivity index (χ0v) is 26.0. The second-order valence-electron chi connectivity index (χ2n) is 11.7. The Labute approximate surface area is 255 Å². The summed E-state index contributed by atoms with van der Waals surface area (Å²) in [6.45, 7) is 8.13. The number of allylic oxidation sites excluding steroid dienone is 9. The summed E-state index contributed by atoms with van der Waals surface area (Å²) in [4.78, 5) is 33.2. The van der Waals surface area contributed by atoms with Gasteiger partial charge in [0.05, 0.1) is 45.5 Å². The summed E-state index contributed by atoms with van der Waals surface area (Å²) in [7, 11) is -2.34. The van der Waals surface area contributed by atoms with Crippen LogP contribution in [0.4, 0.5) is 11.5 Å². The number of rotatable bonds is 11. The minimum atomic E-state index is -4.08. The van der Waals surface area contributed by atoms with Gasteiger partial charge in [-0.15, -0.1) is 0 Å². The summed E-state index contributed by atoms with van der Waals surface area (Å²) >= 11 is 0. The van der Waals surface area contributed by atoms with Gasteiger partial charge >= 0.3 is 11.5 Å². The lowest BCUT2D eigenvalue weighted by molar-refractivity contribution is -0.661. The molecule has 1 N–H and O–H groups in total. The molecule has 0 bridgehead atoms. The third kappa shape index (κ3) is 6.81. The molecular formula is C30H35N6O7S+. The molecular weight excluding hydrogens is 588 g/mol. The number of amidine groups is 1. The smallest absolute Gasteiger partial charge is 0.326 e. The van der Waals surface area contributed by atoms with Gasteiger partial charge in [0.25, 0.3) is 15.8 Å². The molecule has 4 heterocycles. The Bertz CT molecular complexity index is 1760. The first-order chi connectivity index (χ1) is 20.5. The van der Waals surface area contributed by atoms with Crippen LogP contribution in [0.1, 0.15) is 46.1 Å². The predicted octanol–water partition coefficient (Wildman–Crippen LogP) is 4.80. The van der Waals surface area contributed by atoms with Gasteiger partial charge in [0, 0.05) is 29.7 Å². The van der Waals surface area contributed by atoms with Crippen LogP contribution in [0.25, 0.3) is 0 Å². The maximum Gasteiger partial charge on any atom is 0.327 e. The number of hydrogen-bond acceptors (Lipinski definition) is 9. The number of aromatic nitrogens is 1. The predicted molar refractivity (Wildman–Crippen MR) is 167 cm³/mol. The molecule has 0 aromatic carbocycles. The van der Waals surface area contributed by atoms with Crippen molar-refractivity contribution >= 4 is 33.2 Å². The molecule has 0 aliphatic carbocycles. The van der Waals surface area contributed by atoms with Crippen molar-refractivity contribution in [3.63, 3.8) is 0 Å². The molecule has 13 nitrogen and oxygen atoms in total. The summed E-state index contributed by atoms with van der Waals surface area (Å²) in [6, 6.07) is 1.57. The fraction of sp³-hybridized carbons (Fsp3) is 0.367.